The van der Waals surface area contributed by atoms with Gasteiger partial charge in [-0.25, -0.2) is 0 Å². The highest BCUT2D eigenvalue weighted by atomic mass is 16.5. The molecule has 0 aromatic heterocycles. The number of hydrogen-bond acceptors (Lipinski definition) is 3. The minimum absolute atomic E-state index is 0.0225. The Labute approximate surface area is 136 Å². The predicted octanol–water partition coefficient (Wildman–Crippen LogP) is 3.06. The minimum atomic E-state index is 0.0225. The van der Waals surface area contributed by atoms with Crippen LogP contribution >= 0.6 is 0 Å². The van der Waals surface area contributed by atoms with Crippen molar-refractivity contribution < 1.29 is 9.53 Å². The molecule has 0 bridgehead atoms. The van der Waals surface area contributed by atoms with Gasteiger partial charge in [-0.15, -0.1) is 0 Å². The summed E-state index contributed by atoms with van der Waals surface area (Å²) in [7, 11) is 0. The minimum Gasteiger partial charge on any atom is -0.381 e. The van der Waals surface area contributed by atoms with Crippen molar-refractivity contribution in [2.75, 3.05) is 13.2 Å². The van der Waals surface area contributed by atoms with Gasteiger partial charge in [0.25, 0.3) is 0 Å². The smallest absolute Gasteiger partial charge is 0.148 e. The lowest BCUT2D eigenvalue weighted by Gasteiger charge is -2.28. The number of ketones is 1. The zero-order valence-electron chi connectivity index (χ0n) is 13.3. The predicted molar refractivity (Wildman–Crippen MR) is 89.1 cm³/mol. The summed E-state index contributed by atoms with van der Waals surface area (Å²) < 4.78 is 5.37. The lowest BCUT2D eigenvalue weighted by atomic mass is 9.97. The van der Waals surface area contributed by atoms with Gasteiger partial charge in [0.1, 0.15) is 5.78 Å². The number of carbonyl (C=O) groups excluding carboxylic acids is 1. The first-order chi connectivity index (χ1) is 11.3. The number of carbonyl (C=O) groups is 1. The summed E-state index contributed by atoms with van der Waals surface area (Å²) in [6.45, 7) is 3.27. The third-order valence-electron chi connectivity index (χ3n) is 4.99. The van der Waals surface area contributed by atoms with E-state index in [1.807, 2.05) is 12.1 Å². The summed E-state index contributed by atoms with van der Waals surface area (Å²) in [6.07, 6.45) is 0. The van der Waals surface area contributed by atoms with Gasteiger partial charge >= 0.3 is 0 Å². The number of hydrogen-bond donors (Lipinski definition) is 0. The molecule has 23 heavy (non-hydrogen) atoms. The van der Waals surface area contributed by atoms with Gasteiger partial charge in [0, 0.05) is 12.0 Å². The first-order valence-electron chi connectivity index (χ1n) is 8.23. The average molecular weight is 307 g/mol. The third kappa shape index (κ3) is 2.60. The van der Waals surface area contributed by atoms with Crippen LogP contribution < -0.4 is 0 Å². The van der Waals surface area contributed by atoms with E-state index in [0.717, 1.165) is 13.2 Å². The van der Waals surface area contributed by atoms with Crippen molar-refractivity contribution in [1.29, 1.82) is 0 Å². The average Bonchev–Trinajstić information content (AvgIpc) is 3.23. The molecule has 0 amide bonds. The molecule has 2 saturated heterocycles. The summed E-state index contributed by atoms with van der Waals surface area (Å²) in [4.78, 5) is 14.5. The van der Waals surface area contributed by atoms with Crippen LogP contribution in [-0.2, 0) is 9.53 Å². The van der Waals surface area contributed by atoms with E-state index in [1.54, 1.807) is 6.92 Å². The number of rotatable bonds is 5. The Balaban J connectivity index is 1.72. The molecule has 0 N–H and O–H groups in total. The van der Waals surface area contributed by atoms with Crippen LogP contribution in [0.4, 0.5) is 0 Å². The molecule has 2 aliphatic heterocycles. The molecule has 2 aromatic rings. The topological polar surface area (TPSA) is 29.3 Å². The zero-order valence-corrected chi connectivity index (χ0v) is 13.3. The molecule has 0 spiro atoms. The largest absolute Gasteiger partial charge is 0.381 e. The normalized spacial score (nSPS) is 26.8. The van der Waals surface area contributed by atoms with Crippen LogP contribution in [0.25, 0.3) is 0 Å². The van der Waals surface area contributed by atoms with Crippen LogP contribution in [-0.4, -0.2) is 36.0 Å². The molecule has 0 radical (unpaired) electrons. The maximum Gasteiger partial charge on any atom is 0.148 e. The van der Waals surface area contributed by atoms with Crippen LogP contribution in [0.15, 0.2) is 60.7 Å². The van der Waals surface area contributed by atoms with Gasteiger partial charge in [-0.1, -0.05) is 60.7 Å². The van der Waals surface area contributed by atoms with Crippen molar-refractivity contribution in [3.63, 3.8) is 0 Å². The molecule has 4 rings (SSSR count). The van der Waals surface area contributed by atoms with E-state index in [4.69, 9.17) is 4.74 Å². The van der Waals surface area contributed by atoms with Crippen molar-refractivity contribution in [2.45, 2.75) is 25.0 Å². The fourth-order valence-corrected chi connectivity index (χ4v) is 3.81. The second-order valence-electron chi connectivity index (χ2n) is 6.51. The highest BCUT2D eigenvalue weighted by Gasteiger charge is 2.59. The van der Waals surface area contributed by atoms with Crippen LogP contribution in [0.1, 0.15) is 24.1 Å². The van der Waals surface area contributed by atoms with Crippen LogP contribution in [0.5, 0.6) is 0 Å². The van der Waals surface area contributed by atoms with E-state index >= 15 is 0 Å². The maximum absolute atomic E-state index is 12.2. The Hall–Kier alpha value is -1.97. The van der Waals surface area contributed by atoms with Gasteiger partial charge in [-0.2, -0.15) is 0 Å². The quantitative estimate of drug-likeness (QED) is 0.795. The van der Waals surface area contributed by atoms with Gasteiger partial charge in [-0.05, 0) is 18.1 Å². The SMILES string of the molecule is CC(=O)C1[C@H](C2COC2)N1C(c1ccccc1)c1ccccc1. The third-order valence-corrected chi connectivity index (χ3v) is 4.99. The number of benzene rings is 2. The molecule has 2 aromatic carbocycles. The molecule has 3 nitrogen and oxygen atoms in total. The molecule has 2 unspecified atom stereocenters. The van der Waals surface area contributed by atoms with Gasteiger partial charge < -0.3 is 4.74 Å². The summed E-state index contributed by atoms with van der Waals surface area (Å²) >= 11 is 0. The second kappa shape index (κ2) is 5.91. The molecular formula is C20H21NO2. The summed E-state index contributed by atoms with van der Waals surface area (Å²) in [5.74, 6) is 0.748. The Kier molecular flexibility index (Phi) is 3.76. The van der Waals surface area contributed by atoms with E-state index in [1.165, 1.54) is 11.1 Å². The Morgan fingerprint density at radius 2 is 1.52 bits per heavy atom. The summed E-state index contributed by atoms with van der Waals surface area (Å²) in [5, 5.41) is 0. The zero-order chi connectivity index (χ0) is 15.8. The molecule has 2 aliphatic rings. The van der Waals surface area contributed by atoms with E-state index in [-0.39, 0.29) is 17.9 Å². The first kappa shape index (κ1) is 14.6. The summed E-state index contributed by atoms with van der Waals surface area (Å²) in [5.41, 5.74) is 2.49. The highest BCUT2D eigenvalue weighted by Crippen LogP contribution is 2.47. The Morgan fingerprint density at radius 1 is 1.00 bits per heavy atom. The van der Waals surface area contributed by atoms with Crippen LogP contribution in [0.3, 0.4) is 0 Å². The van der Waals surface area contributed by atoms with Gasteiger partial charge in [0.15, 0.2) is 0 Å². The molecule has 0 saturated carbocycles. The maximum atomic E-state index is 12.2. The molecule has 0 aliphatic carbocycles. The van der Waals surface area contributed by atoms with Gasteiger partial charge in [0.05, 0.1) is 25.3 Å². The lowest BCUT2D eigenvalue weighted by Crippen LogP contribution is -2.35. The molecule has 2 heterocycles. The second-order valence-corrected chi connectivity index (χ2v) is 6.51. The lowest BCUT2D eigenvalue weighted by molar-refractivity contribution is -0.117. The van der Waals surface area contributed by atoms with Crippen LogP contribution in [0, 0.1) is 5.92 Å². The first-order valence-corrected chi connectivity index (χ1v) is 8.23. The number of ether oxygens (including phenoxy) is 1. The van der Waals surface area contributed by atoms with Crippen molar-refractivity contribution in [1.82, 2.24) is 4.90 Å². The van der Waals surface area contributed by atoms with Crippen molar-refractivity contribution >= 4 is 5.78 Å². The van der Waals surface area contributed by atoms with E-state index in [2.05, 4.69) is 53.4 Å². The van der Waals surface area contributed by atoms with Crippen LogP contribution in [0.2, 0.25) is 0 Å². The standard InChI is InChI=1S/C20H21NO2/c1-14(22)18-20(17-12-23-13-17)21(18)19(15-8-4-2-5-9-15)16-10-6-3-7-11-16/h2-11,17-20H,12-13H2,1H3/t18?,20-,21?/m0/s1. The van der Waals surface area contributed by atoms with Crippen molar-refractivity contribution in [3.05, 3.63) is 71.8 Å². The van der Waals surface area contributed by atoms with E-state index in [9.17, 15) is 4.79 Å². The molecule has 3 atom stereocenters. The summed E-state index contributed by atoms with van der Waals surface area (Å²) in [6, 6.07) is 21.4. The number of Topliss-reactive ketones (excluding diaryl/α,β-unsaturated/α-hetero) is 1. The number of nitrogens with zero attached hydrogens (tertiary/aromatic N) is 1. The van der Waals surface area contributed by atoms with E-state index < -0.39 is 0 Å². The molecule has 118 valence electrons. The molecule has 2 fully saturated rings. The Bertz CT molecular complexity index is 642. The van der Waals surface area contributed by atoms with Gasteiger partial charge in [-0.3, -0.25) is 9.69 Å². The van der Waals surface area contributed by atoms with Crippen molar-refractivity contribution in [3.8, 4) is 0 Å². The highest BCUT2D eigenvalue weighted by molar-refractivity contribution is 5.85. The molecular weight excluding hydrogens is 286 g/mol. The van der Waals surface area contributed by atoms with Crippen molar-refractivity contribution in [2.24, 2.45) is 5.92 Å². The molecule has 3 heteroatoms. The van der Waals surface area contributed by atoms with Gasteiger partial charge in [0.2, 0.25) is 0 Å². The fourth-order valence-electron chi connectivity index (χ4n) is 3.81. The monoisotopic (exact) mass is 307 g/mol. The van der Waals surface area contributed by atoms with E-state index in [0.29, 0.717) is 12.0 Å². The Morgan fingerprint density at radius 3 is 1.91 bits per heavy atom. The fraction of sp³-hybridized carbons (Fsp3) is 0.350.